The van der Waals surface area contributed by atoms with E-state index in [0.717, 1.165) is 11.3 Å². The maximum atomic E-state index is 5.83. The van der Waals surface area contributed by atoms with Crippen LogP contribution in [0.4, 0.5) is 0 Å². The summed E-state index contributed by atoms with van der Waals surface area (Å²) >= 11 is 5.83. The van der Waals surface area contributed by atoms with Crippen LogP contribution in [0.5, 0.6) is 5.75 Å². The first kappa shape index (κ1) is 13.9. The Morgan fingerprint density at radius 3 is 2.58 bits per heavy atom. The van der Waals surface area contributed by atoms with Crippen LogP contribution in [0.3, 0.4) is 0 Å². The maximum Gasteiger partial charge on any atom is 0.119 e. The van der Waals surface area contributed by atoms with Gasteiger partial charge < -0.3 is 4.74 Å². The Bertz CT molecular complexity index is 528. The topological polar surface area (TPSA) is 47.3 Å². The second kappa shape index (κ2) is 6.57. The molecule has 0 fully saturated rings. The molecular weight excluding hydrogens is 260 g/mol. The van der Waals surface area contributed by atoms with Crippen LogP contribution in [-0.2, 0) is 0 Å². The summed E-state index contributed by atoms with van der Waals surface area (Å²) in [6, 6.07) is 15.4. The Morgan fingerprint density at radius 2 is 1.95 bits per heavy atom. The van der Waals surface area contributed by atoms with E-state index >= 15 is 0 Å². The summed E-state index contributed by atoms with van der Waals surface area (Å²) in [7, 11) is 0. The van der Waals surface area contributed by atoms with Crippen molar-refractivity contribution in [3.8, 4) is 5.75 Å². The molecule has 0 bridgehead atoms. The maximum absolute atomic E-state index is 5.83. The molecule has 0 aromatic heterocycles. The molecule has 0 radical (unpaired) electrons. The zero-order valence-corrected chi connectivity index (χ0v) is 11.5. The van der Waals surface area contributed by atoms with Crippen molar-refractivity contribution in [2.45, 2.75) is 13.0 Å². The molecule has 4 heteroatoms. The molecule has 0 aliphatic carbocycles. The van der Waals surface area contributed by atoms with Gasteiger partial charge in [-0.25, -0.2) is 5.43 Å². The predicted octanol–water partition coefficient (Wildman–Crippen LogP) is 3.23. The number of hydrazine groups is 1. The van der Waals surface area contributed by atoms with E-state index in [1.807, 2.05) is 24.3 Å². The Balaban J connectivity index is 2.01. The first-order valence-electron chi connectivity index (χ1n) is 6.10. The number of hydrogen-bond donors (Lipinski definition) is 2. The highest BCUT2D eigenvalue weighted by Crippen LogP contribution is 2.19. The molecule has 1 atom stereocenters. The monoisotopic (exact) mass is 276 g/mol. The lowest BCUT2D eigenvalue weighted by molar-refractivity contribution is 0.267. The largest absolute Gasteiger partial charge is 0.492 e. The van der Waals surface area contributed by atoms with E-state index in [1.54, 1.807) is 12.1 Å². The van der Waals surface area contributed by atoms with E-state index in [2.05, 4.69) is 24.5 Å². The fraction of sp³-hybridized carbons (Fsp3) is 0.200. The Labute approximate surface area is 118 Å². The van der Waals surface area contributed by atoms with Gasteiger partial charge in [-0.3, -0.25) is 5.84 Å². The molecule has 0 saturated heterocycles. The number of hydrogen-bond acceptors (Lipinski definition) is 3. The molecule has 1 unspecified atom stereocenters. The van der Waals surface area contributed by atoms with Gasteiger partial charge in [0, 0.05) is 5.02 Å². The molecule has 2 aromatic rings. The van der Waals surface area contributed by atoms with Crippen molar-refractivity contribution in [2.75, 3.05) is 6.61 Å². The molecule has 0 spiro atoms. The van der Waals surface area contributed by atoms with Gasteiger partial charge in [-0.05, 0) is 36.8 Å². The highest BCUT2D eigenvalue weighted by molar-refractivity contribution is 6.30. The quantitative estimate of drug-likeness (QED) is 0.651. The number of nitrogens with one attached hydrogen (secondary N) is 1. The van der Waals surface area contributed by atoms with Crippen LogP contribution in [0.25, 0.3) is 0 Å². The lowest BCUT2D eigenvalue weighted by Gasteiger charge is -2.17. The smallest absolute Gasteiger partial charge is 0.119 e. The molecule has 3 N–H and O–H groups in total. The van der Waals surface area contributed by atoms with Gasteiger partial charge >= 0.3 is 0 Å². The summed E-state index contributed by atoms with van der Waals surface area (Å²) in [6.07, 6.45) is 0. The fourth-order valence-corrected chi connectivity index (χ4v) is 1.96. The third-order valence-corrected chi connectivity index (χ3v) is 3.13. The van der Waals surface area contributed by atoms with E-state index in [4.69, 9.17) is 22.2 Å². The third-order valence-electron chi connectivity index (χ3n) is 2.88. The second-order valence-electron chi connectivity index (χ2n) is 4.40. The first-order valence-corrected chi connectivity index (χ1v) is 6.48. The average Bonchev–Trinajstić information content (AvgIpc) is 2.42. The lowest BCUT2D eigenvalue weighted by atomic mass is 10.1. The Kier molecular flexibility index (Phi) is 4.80. The molecule has 0 saturated carbocycles. The molecule has 2 aromatic carbocycles. The van der Waals surface area contributed by atoms with Crippen LogP contribution >= 0.6 is 11.6 Å². The summed E-state index contributed by atoms with van der Waals surface area (Å²) in [5.41, 5.74) is 5.08. The molecule has 0 heterocycles. The van der Waals surface area contributed by atoms with Crippen LogP contribution in [0, 0.1) is 6.92 Å². The minimum atomic E-state index is -0.0458. The van der Waals surface area contributed by atoms with Gasteiger partial charge in [0.2, 0.25) is 0 Å². The van der Waals surface area contributed by atoms with Crippen molar-refractivity contribution in [1.29, 1.82) is 0 Å². The molecule has 3 nitrogen and oxygen atoms in total. The fourth-order valence-electron chi connectivity index (χ4n) is 1.84. The number of rotatable bonds is 5. The molecular formula is C15H17ClN2O. The van der Waals surface area contributed by atoms with E-state index in [9.17, 15) is 0 Å². The predicted molar refractivity (Wildman–Crippen MR) is 78.2 cm³/mol. The number of nitrogens with two attached hydrogens (primary N) is 1. The van der Waals surface area contributed by atoms with Crippen molar-refractivity contribution < 1.29 is 4.74 Å². The van der Waals surface area contributed by atoms with Gasteiger partial charge in [0.05, 0.1) is 6.04 Å². The van der Waals surface area contributed by atoms with Gasteiger partial charge in [-0.15, -0.1) is 0 Å². The number of benzene rings is 2. The van der Waals surface area contributed by atoms with Crippen molar-refractivity contribution in [2.24, 2.45) is 5.84 Å². The molecule has 19 heavy (non-hydrogen) atoms. The Morgan fingerprint density at radius 1 is 1.21 bits per heavy atom. The molecule has 0 aliphatic heterocycles. The standard InChI is InChI=1S/C15H17ClN2O/c1-11-3-2-4-12(9-11)15(18-17)10-19-14-7-5-13(16)6-8-14/h2-9,15,18H,10,17H2,1H3. The lowest BCUT2D eigenvalue weighted by Crippen LogP contribution is -2.32. The third kappa shape index (κ3) is 3.96. The van der Waals surface area contributed by atoms with Crippen molar-refractivity contribution >= 4 is 11.6 Å². The van der Waals surface area contributed by atoms with Gasteiger partial charge in [0.1, 0.15) is 12.4 Å². The van der Waals surface area contributed by atoms with Crippen LogP contribution in [0.1, 0.15) is 17.2 Å². The van der Waals surface area contributed by atoms with Gasteiger partial charge in [0.15, 0.2) is 0 Å². The number of aryl methyl sites for hydroxylation is 1. The van der Waals surface area contributed by atoms with Gasteiger partial charge in [0.25, 0.3) is 0 Å². The highest BCUT2D eigenvalue weighted by atomic mass is 35.5. The van der Waals surface area contributed by atoms with Crippen molar-refractivity contribution in [3.63, 3.8) is 0 Å². The average molecular weight is 277 g/mol. The van der Waals surface area contributed by atoms with Crippen molar-refractivity contribution in [1.82, 2.24) is 5.43 Å². The minimum absolute atomic E-state index is 0.0458. The summed E-state index contributed by atoms with van der Waals surface area (Å²) < 4.78 is 5.71. The van der Waals surface area contributed by atoms with Crippen LogP contribution in [0.2, 0.25) is 5.02 Å². The molecule has 2 rings (SSSR count). The minimum Gasteiger partial charge on any atom is -0.492 e. The van der Waals surface area contributed by atoms with Crippen LogP contribution in [-0.4, -0.2) is 6.61 Å². The van der Waals surface area contributed by atoms with E-state index in [-0.39, 0.29) is 6.04 Å². The first-order chi connectivity index (χ1) is 9.19. The van der Waals surface area contributed by atoms with Gasteiger partial charge in [-0.1, -0.05) is 41.4 Å². The normalized spacial score (nSPS) is 12.2. The summed E-state index contributed by atoms with van der Waals surface area (Å²) in [4.78, 5) is 0. The zero-order chi connectivity index (χ0) is 13.7. The van der Waals surface area contributed by atoms with Crippen LogP contribution < -0.4 is 16.0 Å². The van der Waals surface area contributed by atoms with E-state index in [1.165, 1.54) is 5.56 Å². The molecule has 0 amide bonds. The van der Waals surface area contributed by atoms with Gasteiger partial charge in [-0.2, -0.15) is 0 Å². The summed E-state index contributed by atoms with van der Waals surface area (Å²) in [5, 5.41) is 0.694. The number of halogens is 1. The summed E-state index contributed by atoms with van der Waals surface area (Å²) in [5.74, 6) is 6.37. The Hall–Kier alpha value is -1.55. The molecule has 100 valence electrons. The van der Waals surface area contributed by atoms with Crippen LogP contribution in [0.15, 0.2) is 48.5 Å². The number of ether oxygens (including phenoxy) is 1. The summed E-state index contributed by atoms with van der Waals surface area (Å²) in [6.45, 7) is 2.51. The SMILES string of the molecule is Cc1cccc(C(COc2ccc(Cl)cc2)NN)c1. The zero-order valence-electron chi connectivity index (χ0n) is 10.8. The van der Waals surface area contributed by atoms with E-state index < -0.39 is 0 Å². The highest BCUT2D eigenvalue weighted by Gasteiger charge is 2.10. The second-order valence-corrected chi connectivity index (χ2v) is 4.83. The van der Waals surface area contributed by atoms with E-state index in [0.29, 0.717) is 11.6 Å². The molecule has 0 aliphatic rings. The van der Waals surface area contributed by atoms with Crippen molar-refractivity contribution in [3.05, 3.63) is 64.7 Å².